The maximum atomic E-state index is 6.11. The zero-order chi connectivity index (χ0) is 12.1. The Balaban J connectivity index is 1.90. The van der Waals surface area contributed by atoms with Crippen molar-refractivity contribution in [2.75, 3.05) is 6.61 Å². The highest BCUT2D eigenvalue weighted by atomic mass is 16.6. The van der Waals surface area contributed by atoms with Crippen molar-refractivity contribution in [3.8, 4) is 11.5 Å². The number of para-hydroxylation sites is 2. The molecule has 2 atom stereocenters. The van der Waals surface area contributed by atoms with Gasteiger partial charge in [-0.25, -0.2) is 0 Å². The lowest BCUT2D eigenvalue weighted by atomic mass is 10.0. The molecular weight excluding hydrogens is 214 g/mol. The summed E-state index contributed by atoms with van der Waals surface area (Å²) in [5.41, 5.74) is 6.11. The maximum absolute atomic E-state index is 6.11. The number of benzene rings is 1. The van der Waals surface area contributed by atoms with Crippen LogP contribution in [0.2, 0.25) is 0 Å². The third-order valence-electron chi connectivity index (χ3n) is 2.95. The Kier molecular flexibility index (Phi) is 4.04. The standard InChI is InChI=1S/C14H19NO2/c1-2-3-4-7-11(15)14-10-16-12-8-5-6-9-13(12)17-14/h2,5-6,8-9,11,14H,1,3-4,7,10,15H2. The van der Waals surface area contributed by atoms with Crippen molar-refractivity contribution in [3.05, 3.63) is 36.9 Å². The molecule has 1 aromatic rings. The quantitative estimate of drug-likeness (QED) is 0.627. The van der Waals surface area contributed by atoms with Crippen molar-refractivity contribution in [2.24, 2.45) is 5.73 Å². The molecule has 3 nitrogen and oxygen atoms in total. The second-order valence-corrected chi connectivity index (χ2v) is 4.30. The SMILES string of the molecule is C=CCCCC(N)C1COc2ccccc2O1. The third-order valence-corrected chi connectivity index (χ3v) is 2.95. The minimum absolute atomic E-state index is 0.0170. The van der Waals surface area contributed by atoms with Gasteiger partial charge in [-0.2, -0.15) is 0 Å². The van der Waals surface area contributed by atoms with E-state index in [1.165, 1.54) is 0 Å². The Morgan fingerprint density at radius 3 is 2.94 bits per heavy atom. The maximum Gasteiger partial charge on any atom is 0.161 e. The number of nitrogens with two attached hydrogens (primary N) is 1. The van der Waals surface area contributed by atoms with Gasteiger partial charge in [0.2, 0.25) is 0 Å². The molecule has 92 valence electrons. The van der Waals surface area contributed by atoms with Gasteiger partial charge in [0.15, 0.2) is 11.5 Å². The lowest BCUT2D eigenvalue weighted by Gasteiger charge is -2.30. The highest BCUT2D eigenvalue weighted by Crippen LogP contribution is 2.31. The average Bonchev–Trinajstić information content (AvgIpc) is 2.38. The lowest BCUT2D eigenvalue weighted by molar-refractivity contribution is 0.0697. The first-order valence-electron chi connectivity index (χ1n) is 6.06. The molecule has 2 N–H and O–H groups in total. The van der Waals surface area contributed by atoms with Crippen LogP contribution in [0, 0.1) is 0 Å². The first-order valence-corrected chi connectivity index (χ1v) is 6.06. The minimum atomic E-state index is -0.0466. The van der Waals surface area contributed by atoms with Crippen molar-refractivity contribution >= 4 is 0 Å². The van der Waals surface area contributed by atoms with Gasteiger partial charge in [0.1, 0.15) is 12.7 Å². The predicted octanol–water partition coefficient (Wildman–Crippen LogP) is 2.51. The highest BCUT2D eigenvalue weighted by Gasteiger charge is 2.25. The number of rotatable bonds is 5. The summed E-state index contributed by atoms with van der Waals surface area (Å²) in [6.07, 6.45) is 4.85. The van der Waals surface area contributed by atoms with E-state index in [4.69, 9.17) is 15.2 Å². The Morgan fingerprint density at radius 1 is 1.41 bits per heavy atom. The molecule has 0 aliphatic carbocycles. The van der Waals surface area contributed by atoms with E-state index >= 15 is 0 Å². The number of hydrogen-bond acceptors (Lipinski definition) is 3. The summed E-state index contributed by atoms with van der Waals surface area (Å²) in [6, 6.07) is 7.72. The molecule has 0 bridgehead atoms. The largest absolute Gasteiger partial charge is 0.486 e. The van der Waals surface area contributed by atoms with Crippen LogP contribution < -0.4 is 15.2 Å². The van der Waals surface area contributed by atoms with Crippen LogP contribution in [0.15, 0.2) is 36.9 Å². The highest BCUT2D eigenvalue weighted by molar-refractivity contribution is 5.40. The zero-order valence-corrected chi connectivity index (χ0v) is 9.97. The summed E-state index contributed by atoms with van der Waals surface area (Å²) in [5, 5.41) is 0. The van der Waals surface area contributed by atoms with Gasteiger partial charge in [-0.1, -0.05) is 18.2 Å². The first-order chi connectivity index (χ1) is 8.31. The molecule has 17 heavy (non-hydrogen) atoms. The molecule has 0 aromatic heterocycles. The topological polar surface area (TPSA) is 44.5 Å². The first kappa shape index (κ1) is 12.0. The second kappa shape index (κ2) is 5.73. The van der Waals surface area contributed by atoms with Gasteiger partial charge in [-0.15, -0.1) is 6.58 Å². The Hall–Kier alpha value is -1.48. The van der Waals surface area contributed by atoms with E-state index in [-0.39, 0.29) is 12.1 Å². The van der Waals surface area contributed by atoms with Crippen LogP contribution >= 0.6 is 0 Å². The minimum Gasteiger partial charge on any atom is -0.486 e. The zero-order valence-electron chi connectivity index (χ0n) is 9.97. The summed E-state index contributed by atoms with van der Waals surface area (Å²) < 4.78 is 11.5. The number of unbranched alkanes of at least 4 members (excludes halogenated alkanes) is 1. The molecule has 1 aliphatic rings. The summed E-state index contributed by atoms with van der Waals surface area (Å²) >= 11 is 0. The van der Waals surface area contributed by atoms with Crippen molar-refractivity contribution in [1.29, 1.82) is 0 Å². The molecule has 3 heteroatoms. The molecular formula is C14H19NO2. The van der Waals surface area contributed by atoms with Crippen LogP contribution in [-0.4, -0.2) is 18.8 Å². The molecule has 2 unspecified atom stereocenters. The van der Waals surface area contributed by atoms with E-state index < -0.39 is 0 Å². The van der Waals surface area contributed by atoms with Crippen molar-refractivity contribution in [1.82, 2.24) is 0 Å². The third kappa shape index (κ3) is 3.01. The number of fused-ring (bicyclic) bond motifs is 1. The molecule has 2 rings (SSSR count). The normalized spacial score (nSPS) is 19.7. The predicted molar refractivity (Wildman–Crippen MR) is 68.4 cm³/mol. The Labute approximate surface area is 102 Å². The fourth-order valence-corrected chi connectivity index (χ4v) is 1.93. The molecule has 1 aliphatic heterocycles. The molecule has 1 heterocycles. The van der Waals surface area contributed by atoms with Crippen molar-refractivity contribution in [3.63, 3.8) is 0 Å². The van der Waals surface area contributed by atoms with Crippen LogP contribution in [0.5, 0.6) is 11.5 Å². The number of hydrogen-bond donors (Lipinski definition) is 1. The lowest BCUT2D eigenvalue weighted by Crippen LogP contribution is -2.44. The fraction of sp³-hybridized carbons (Fsp3) is 0.429. The average molecular weight is 233 g/mol. The summed E-state index contributed by atoms with van der Waals surface area (Å²) in [6.45, 7) is 4.24. The molecule has 0 spiro atoms. The van der Waals surface area contributed by atoms with Gasteiger partial charge in [0.05, 0.1) is 0 Å². The van der Waals surface area contributed by atoms with Crippen LogP contribution in [0.25, 0.3) is 0 Å². The van der Waals surface area contributed by atoms with Crippen molar-refractivity contribution < 1.29 is 9.47 Å². The van der Waals surface area contributed by atoms with Crippen LogP contribution in [-0.2, 0) is 0 Å². The van der Waals surface area contributed by atoms with Gasteiger partial charge >= 0.3 is 0 Å². The molecule has 0 amide bonds. The van der Waals surface area contributed by atoms with E-state index in [9.17, 15) is 0 Å². The fourth-order valence-electron chi connectivity index (χ4n) is 1.93. The van der Waals surface area contributed by atoms with Gasteiger partial charge in [0.25, 0.3) is 0 Å². The van der Waals surface area contributed by atoms with E-state index in [0.717, 1.165) is 30.8 Å². The molecule has 0 saturated heterocycles. The molecule has 0 saturated carbocycles. The van der Waals surface area contributed by atoms with E-state index in [1.54, 1.807) is 0 Å². The Bertz CT molecular complexity index is 378. The molecule has 1 aromatic carbocycles. The van der Waals surface area contributed by atoms with Crippen LogP contribution in [0.1, 0.15) is 19.3 Å². The molecule has 0 fully saturated rings. The smallest absolute Gasteiger partial charge is 0.161 e. The second-order valence-electron chi connectivity index (χ2n) is 4.30. The summed E-state index contributed by atoms with van der Waals surface area (Å²) in [5.74, 6) is 1.60. The Morgan fingerprint density at radius 2 is 2.18 bits per heavy atom. The number of allylic oxidation sites excluding steroid dienone is 1. The summed E-state index contributed by atoms with van der Waals surface area (Å²) in [7, 11) is 0. The van der Waals surface area contributed by atoms with Crippen molar-refractivity contribution in [2.45, 2.75) is 31.4 Å². The van der Waals surface area contributed by atoms with Crippen LogP contribution in [0.3, 0.4) is 0 Å². The molecule has 0 radical (unpaired) electrons. The van der Waals surface area contributed by atoms with E-state index in [2.05, 4.69) is 6.58 Å². The van der Waals surface area contributed by atoms with E-state index in [0.29, 0.717) is 6.61 Å². The van der Waals surface area contributed by atoms with Gasteiger partial charge in [0, 0.05) is 6.04 Å². The van der Waals surface area contributed by atoms with Gasteiger partial charge < -0.3 is 15.2 Å². The monoisotopic (exact) mass is 233 g/mol. The number of ether oxygens (including phenoxy) is 2. The van der Waals surface area contributed by atoms with Gasteiger partial charge in [-0.3, -0.25) is 0 Å². The van der Waals surface area contributed by atoms with E-state index in [1.807, 2.05) is 30.3 Å². The van der Waals surface area contributed by atoms with Crippen LogP contribution in [0.4, 0.5) is 0 Å². The summed E-state index contributed by atoms with van der Waals surface area (Å²) in [4.78, 5) is 0. The van der Waals surface area contributed by atoms with Gasteiger partial charge in [-0.05, 0) is 31.4 Å².